The number of unbranched alkanes of at least 4 members (excludes halogenated alkanes) is 4. The van der Waals surface area contributed by atoms with E-state index in [2.05, 4.69) is 11.7 Å². The molecule has 154 valence electrons. The molecule has 0 bridgehead atoms. The maximum absolute atomic E-state index is 14.4. The Kier molecular flexibility index (Phi) is 7.64. The zero-order chi connectivity index (χ0) is 19.9. The van der Waals surface area contributed by atoms with Crippen molar-refractivity contribution in [2.45, 2.75) is 83.7 Å². The minimum absolute atomic E-state index is 0.336. The summed E-state index contributed by atoms with van der Waals surface area (Å²) in [4.78, 5) is 0. The maximum Gasteiger partial charge on any atom is 0.387 e. The summed E-state index contributed by atoms with van der Waals surface area (Å²) in [6.45, 7) is -0.772. The third-order valence-corrected chi connectivity index (χ3v) is 6.19. The number of benzene rings is 2. The summed E-state index contributed by atoms with van der Waals surface area (Å²) < 4.78 is 43.4. The lowest BCUT2D eigenvalue weighted by molar-refractivity contribution is -0.0520. The average molecular weight is 393 g/mol. The van der Waals surface area contributed by atoms with Crippen molar-refractivity contribution in [3.8, 4) is 5.75 Å². The zero-order valence-electron chi connectivity index (χ0n) is 16.7. The summed E-state index contributed by atoms with van der Waals surface area (Å²) in [6, 6.07) is 8.64. The molecule has 3 rings (SSSR count). The third kappa shape index (κ3) is 5.42. The van der Waals surface area contributed by atoms with Crippen LogP contribution >= 0.6 is 0 Å². The van der Waals surface area contributed by atoms with E-state index in [-0.39, 0.29) is 0 Å². The predicted molar refractivity (Wildman–Crippen MR) is 109 cm³/mol. The van der Waals surface area contributed by atoms with Gasteiger partial charge in [-0.1, -0.05) is 69.7 Å². The zero-order valence-corrected chi connectivity index (χ0v) is 16.7. The molecule has 28 heavy (non-hydrogen) atoms. The SMILES string of the molecule is CCCCCCCC1CCC(c2ccc3c(F)c(OC(F)F)ccc3c2)CC1. The second-order valence-electron chi connectivity index (χ2n) is 8.16. The Labute approximate surface area is 166 Å². The van der Waals surface area contributed by atoms with E-state index >= 15 is 0 Å². The van der Waals surface area contributed by atoms with Gasteiger partial charge in [-0.3, -0.25) is 0 Å². The van der Waals surface area contributed by atoms with Crippen LogP contribution in [-0.4, -0.2) is 6.61 Å². The number of alkyl halides is 2. The molecule has 0 unspecified atom stereocenters. The normalized spacial score (nSPS) is 20.0. The molecule has 1 aliphatic rings. The molecule has 4 heteroatoms. The van der Waals surface area contributed by atoms with Crippen LogP contribution in [0.2, 0.25) is 0 Å². The molecular weight excluding hydrogens is 361 g/mol. The number of halogens is 3. The predicted octanol–water partition coefficient (Wildman–Crippen LogP) is 8.21. The van der Waals surface area contributed by atoms with Gasteiger partial charge in [-0.2, -0.15) is 8.78 Å². The number of rotatable bonds is 9. The van der Waals surface area contributed by atoms with Gasteiger partial charge >= 0.3 is 6.61 Å². The summed E-state index contributed by atoms with van der Waals surface area (Å²) in [7, 11) is 0. The number of fused-ring (bicyclic) bond motifs is 1. The first kappa shape index (κ1) is 21.0. The lowest BCUT2D eigenvalue weighted by Gasteiger charge is -2.29. The van der Waals surface area contributed by atoms with Crippen molar-refractivity contribution in [2.75, 3.05) is 0 Å². The first-order chi connectivity index (χ1) is 13.6. The van der Waals surface area contributed by atoms with Crippen LogP contribution in [0.3, 0.4) is 0 Å². The van der Waals surface area contributed by atoms with Gasteiger partial charge in [0.05, 0.1) is 0 Å². The number of hydrogen-bond acceptors (Lipinski definition) is 1. The standard InChI is InChI=1S/C24H31F3O/c1-2-3-4-5-6-7-17-8-10-18(11-9-17)19-12-14-21-20(16-19)13-15-22(23(21)25)28-24(26)27/h12-18,24H,2-11H2,1H3. The molecule has 0 aliphatic heterocycles. The van der Waals surface area contributed by atoms with Gasteiger partial charge in [0.15, 0.2) is 11.6 Å². The summed E-state index contributed by atoms with van der Waals surface area (Å²) in [6.07, 6.45) is 13.0. The van der Waals surface area contributed by atoms with Crippen LogP contribution in [0.25, 0.3) is 10.8 Å². The Morgan fingerprint density at radius 1 is 0.964 bits per heavy atom. The van der Waals surface area contributed by atoms with E-state index < -0.39 is 18.2 Å². The van der Waals surface area contributed by atoms with Crippen molar-refractivity contribution in [2.24, 2.45) is 5.92 Å². The van der Waals surface area contributed by atoms with Crippen LogP contribution in [0, 0.1) is 11.7 Å². The molecule has 2 aromatic rings. The first-order valence-corrected chi connectivity index (χ1v) is 10.8. The third-order valence-electron chi connectivity index (χ3n) is 6.19. The summed E-state index contributed by atoms with van der Waals surface area (Å²) in [5.41, 5.74) is 1.23. The topological polar surface area (TPSA) is 9.23 Å². The van der Waals surface area contributed by atoms with Crippen molar-refractivity contribution >= 4 is 10.8 Å². The molecule has 1 aliphatic carbocycles. The van der Waals surface area contributed by atoms with Gasteiger partial charge in [-0.05, 0) is 54.5 Å². The van der Waals surface area contributed by atoms with Gasteiger partial charge in [0.25, 0.3) is 0 Å². The van der Waals surface area contributed by atoms with Gasteiger partial charge in [0.1, 0.15) is 0 Å². The van der Waals surface area contributed by atoms with Crippen molar-refractivity contribution in [1.29, 1.82) is 0 Å². The van der Waals surface area contributed by atoms with Crippen LogP contribution in [-0.2, 0) is 0 Å². The molecule has 0 amide bonds. The molecule has 2 aromatic carbocycles. The minimum atomic E-state index is -3.02. The highest BCUT2D eigenvalue weighted by Gasteiger charge is 2.22. The monoisotopic (exact) mass is 392 g/mol. The van der Waals surface area contributed by atoms with Crippen molar-refractivity contribution in [3.05, 3.63) is 41.7 Å². The Bertz CT molecular complexity index is 751. The summed E-state index contributed by atoms with van der Waals surface area (Å²) >= 11 is 0. The molecule has 1 fully saturated rings. The van der Waals surface area contributed by atoms with Crippen LogP contribution in [0.4, 0.5) is 13.2 Å². The van der Waals surface area contributed by atoms with Gasteiger partial charge in [0, 0.05) is 5.39 Å². The number of ether oxygens (including phenoxy) is 1. The van der Waals surface area contributed by atoms with E-state index in [1.165, 1.54) is 75.8 Å². The van der Waals surface area contributed by atoms with Crippen LogP contribution in [0.1, 0.15) is 82.6 Å². The van der Waals surface area contributed by atoms with Crippen molar-refractivity contribution in [1.82, 2.24) is 0 Å². The lowest BCUT2D eigenvalue weighted by Crippen LogP contribution is -2.13. The molecule has 0 spiro atoms. The van der Waals surface area contributed by atoms with E-state index in [9.17, 15) is 13.2 Å². The van der Waals surface area contributed by atoms with Crippen LogP contribution < -0.4 is 4.74 Å². The molecule has 0 aromatic heterocycles. The Balaban J connectivity index is 1.57. The Morgan fingerprint density at radius 3 is 2.43 bits per heavy atom. The molecule has 0 atom stereocenters. The van der Waals surface area contributed by atoms with Crippen LogP contribution in [0.15, 0.2) is 30.3 Å². The molecule has 0 heterocycles. The van der Waals surface area contributed by atoms with E-state index in [0.29, 0.717) is 11.3 Å². The quantitative estimate of drug-likeness (QED) is 0.391. The Morgan fingerprint density at radius 2 is 1.71 bits per heavy atom. The number of hydrogen-bond donors (Lipinski definition) is 0. The van der Waals surface area contributed by atoms with Gasteiger partial charge in [0.2, 0.25) is 0 Å². The van der Waals surface area contributed by atoms with Crippen molar-refractivity contribution in [3.63, 3.8) is 0 Å². The highest BCUT2D eigenvalue weighted by Crippen LogP contribution is 2.39. The fraction of sp³-hybridized carbons (Fsp3) is 0.583. The van der Waals surface area contributed by atoms with Gasteiger partial charge < -0.3 is 4.74 Å². The molecule has 0 radical (unpaired) electrons. The second kappa shape index (κ2) is 10.2. The highest BCUT2D eigenvalue weighted by molar-refractivity contribution is 5.85. The van der Waals surface area contributed by atoms with Crippen LogP contribution in [0.5, 0.6) is 5.75 Å². The molecule has 0 N–H and O–H groups in total. The molecule has 1 saturated carbocycles. The molecule has 1 nitrogen and oxygen atoms in total. The average Bonchev–Trinajstić information content (AvgIpc) is 2.70. The first-order valence-electron chi connectivity index (χ1n) is 10.8. The smallest absolute Gasteiger partial charge is 0.387 e. The van der Waals surface area contributed by atoms with Crippen molar-refractivity contribution < 1.29 is 17.9 Å². The molecular formula is C24H31F3O. The largest absolute Gasteiger partial charge is 0.432 e. The van der Waals surface area contributed by atoms with Gasteiger partial charge in [-0.15, -0.1) is 0 Å². The lowest BCUT2D eigenvalue weighted by atomic mass is 9.76. The maximum atomic E-state index is 14.4. The highest BCUT2D eigenvalue weighted by atomic mass is 19.3. The summed E-state index contributed by atoms with van der Waals surface area (Å²) in [5.74, 6) is 0.261. The molecule has 0 saturated heterocycles. The van der Waals surface area contributed by atoms with Gasteiger partial charge in [-0.25, -0.2) is 4.39 Å². The fourth-order valence-corrected chi connectivity index (χ4v) is 4.55. The minimum Gasteiger partial charge on any atom is -0.432 e. The summed E-state index contributed by atoms with van der Waals surface area (Å²) in [5, 5.41) is 1.08. The van der Waals surface area contributed by atoms with E-state index in [0.717, 1.165) is 11.3 Å². The van der Waals surface area contributed by atoms with E-state index in [4.69, 9.17) is 0 Å². The second-order valence-corrected chi connectivity index (χ2v) is 8.16. The van der Waals surface area contributed by atoms with E-state index in [1.807, 2.05) is 12.1 Å². The fourth-order valence-electron chi connectivity index (χ4n) is 4.55. The Hall–Kier alpha value is -1.71. The van der Waals surface area contributed by atoms with E-state index in [1.54, 1.807) is 12.1 Å².